The minimum absolute atomic E-state index is 0.0272. The Labute approximate surface area is 187 Å². The Morgan fingerprint density at radius 2 is 1.47 bits per heavy atom. The fourth-order valence-corrected chi connectivity index (χ4v) is 3.61. The van der Waals surface area contributed by atoms with Crippen LogP contribution in [0.1, 0.15) is 16.1 Å². The summed E-state index contributed by atoms with van der Waals surface area (Å²) in [6, 6.07) is 16.8. The number of nitrogens with one attached hydrogen (secondary N) is 1. The zero-order valence-corrected chi connectivity index (χ0v) is 18.5. The summed E-state index contributed by atoms with van der Waals surface area (Å²) in [4.78, 5) is 26.1. The van der Waals surface area contributed by atoms with E-state index in [1.165, 1.54) is 0 Å². The van der Waals surface area contributed by atoms with Gasteiger partial charge in [-0.2, -0.15) is 4.98 Å². The Hall–Kier alpha value is -3.81. The molecule has 1 aromatic heterocycles. The summed E-state index contributed by atoms with van der Waals surface area (Å²) in [5.74, 6) is 2.96. The predicted molar refractivity (Wildman–Crippen MR) is 124 cm³/mol. The van der Waals surface area contributed by atoms with E-state index in [1.54, 1.807) is 38.5 Å². The molecule has 1 saturated heterocycles. The van der Waals surface area contributed by atoms with Gasteiger partial charge in [0.15, 0.2) is 0 Å². The number of aryl methyl sites for hydroxylation is 1. The van der Waals surface area contributed by atoms with E-state index in [0.717, 1.165) is 28.7 Å². The van der Waals surface area contributed by atoms with Crippen LogP contribution >= 0.6 is 0 Å². The second kappa shape index (κ2) is 9.55. The Balaban J connectivity index is 1.40. The molecule has 0 bridgehead atoms. The number of anilines is 3. The van der Waals surface area contributed by atoms with Gasteiger partial charge in [-0.3, -0.25) is 4.79 Å². The topological polar surface area (TPSA) is 79.8 Å². The van der Waals surface area contributed by atoms with Crippen LogP contribution in [0.4, 0.5) is 17.5 Å². The van der Waals surface area contributed by atoms with Gasteiger partial charge in [-0.1, -0.05) is 0 Å². The molecular formula is C24H27N5O3. The molecule has 2 heterocycles. The van der Waals surface area contributed by atoms with E-state index in [1.807, 2.05) is 42.2 Å². The van der Waals surface area contributed by atoms with E-state index in [9.17, 15) is 4.79 Å². The summed E-state index contributed by atoms with van der Waals surface area (Å²) >= 11 is 0. The summed E-state index contributed by atoms with van der Waals surface area (Å²) in [6.07, 6.45) is 0. The number of amides is 1. The molecule has 0 saturated carbocycles. The van der Waals surface area contributed by atoms with Gasteiger partial charge in [0.05, 0.1) is 14.2 Å². The molecule has 1 amide bonds. The van der Waals surface area contributed by atoms with E-state index < -0.39 is 0 Å². The van der Waals surface area contributed by atoms with Crippen LogP contribution < -0.4 is 19.7 Å². The van der Waals surface area contributed by atoms with Crippen LogP contribution in [0.5, 0.6) is 11.5 Å². The average molecular weight is 434 g/mol. The zero-order chi connectivity index (χ0) is 22.5. The van der Waals surface area contributed by atoms with Crippen molar-refractivity contribution in [3.05, 3.63) is 65.9 Å². The predicted octanol–water partition coefficient (Wildman–Crippen LogP) is 3.51. The van der Waals surface area contributed by atoms with Gasteiger partial charge in [-0.25, -0.2) is 4.98 Å². The van der Waals surface area contributed by atoms with Crippen LogP contribution in [-0.2, 0) is 0 Å². The Morgan fingerprint density at radius 3 is 2.06 bits per heavy atom. The van der Waals surface area contributed by atoms with Crippen LogP contribution in [0.25, 0.3) is 0 Å². The smallest absolute Gasteiger partial charge is 0.253 e. The first-order valence-corrected chi connectivity index (χ1v) is 10.5. The molecule has 0 radical (unpaired) electrons. The molecule has 0 unspecified atom stereocenters. The van der Waals surface area contributed by atoms with Crippen molar-refractivity contribution in [1.29, 1.82) is 0 Å². The molecule has 8 heteroatoms. The molecular weight excluding hydrogens is 406 g/mol. The summed E-state index contributed by atoms with van der Waals surface area (Å²) in [6.45, 7) is 4.53. The standard InChI is InChI=1S/C24H27N5O3/c1-17-16-22(26-19-6-10-21(32-3)11-7-19)27-24(25-17)29-14-12-28(13-15-29)23(30)18-4-8-20(31-2)9-5-18/h4-11,16H,12-15H2,1-3H3,(H,25,26,27). The van der Waals surface area contributed by atoms with Crippen LogP contribution in [0.15, 0.2) is 54.6 Å². The number of aromatic nitrogens is 2. The normalized spacial score (nSPS) is 13.6. The Kier molecular flexibility index (Phi) is 6.39. The third-order valence-electron chi connectivity index (χ3n) is 5.39. The summed E-state index contributed by atoms with van der Waals surface area (Å²) in [5.41, 5.74) is 2.46. The number of methoxy groups -OCH3 is 2. The molecule has 3 aromatic rings. The lowest BCUT2D eigenvalue weighted by Crippen LogP contribution is -2.49. The number of rotatable bonds is 6. The Bertz CT molecular complexity index is 1060. The van der Waals surface area contributed by atoms with Gasteiger partial charge in [-0.05, 0) is 55.5 Å². The van der Waals surface area contributed by atoms with Crippen molar-refractivity contribution in [2.75, 3.05) is 50.6 Å². The number of hydrogen-bond donors (Lipinski definition) is 1. The second-order valence-electron chi connectivity index (χ2n) is 7.56. The first kappa shape index (κ1) is 21.4. The molecule has 166 valence electrons. The quantitative estimate of drug-likeness (QED) is 0.637. The maximum atomic E-state index is 12.8. The average Bonchev–Trinajstić information content (AvgIpc) is 2.84. The fourth-order valence-electron chi connectivity index (χ4n) is 3.61. The lowest BCUT2D eigenvalue weighted by atomic mass is 10.1. The van der Waals surface area contributed by atoms with E-state index in [2.05, 4.69) is 15.2 Å². The van der Waals surface area contributed by atoms with E-state index >= 15 is 0 Å². The molecule has 4 rings (SSSR count). The van der Waals surface area contributed by atoms with Crippen molar-refractivity contribution in [2.45, 2.75) is 6.92 Å². The van der Waals surface area contributed by atoms with Crippen LogP contribution in [0.3, 0.4) is 0 Å². The number of benzene rings is 2. The SMILES string of the molecule is COc1ccc(Nc2cc(C)nc(N3CCN(C(=O)c4ccc(OC)cc4)CC3)n2)cc1. The molecule has 0 spiro atoms. The minimum Gasteiger partial charge on any atom is -0.497 e. The lowest BCUT2D eigenvalue weighted by molar-refractivity contribution is 0.0746. The highest BCUT2D eigenvalue weighted by atomic mass is 16.5. The summed E-state index contributed by atoms with van der Waals surface area (Å²) < 4.78 is 10.4. The van der Waals surface area contributed by atoms with Crippen molar-refractivity contribution in [2.24, 2.45) is 0 Å². The lowest BCUT2D eigenvalue weighted by Gasteiger charge is -2.35. The maximum Gasteiger partial charge on any atom is 0.253 e. The fraction of sp³-hybridized carbons (Fsp3) is 0.292. The van der Waals surface area contributed by atoms with Crippen LogP contribution in [0, 0.1) is 6.92 Å². The molecule has 1 fully saturated rings. The number of hydrogen-bond acceptors (Lipinski definition) is 7. The third kappa shape index (κ3) is 4.91. The van der Waals surface area contributed by atoms with Gasteiger partial charge >= 0.3 is 0 Å². The van der Waals surface area contributed by atoms with Crippen molar-refractivity contribution in [3.8, 4) is 11.5 Å². The van der Waals surface area contributed by atoms with Crippen LogP contribution in [0.2, 0.25) is 0 Å². The molecule has 2 aromatic carbocycles. The largest absolute Gasteiger partial charge is 0.497 e. The van der Waals surface area contributed by atoms with Gasteiger partial charge in [0.1, 0.15) is 17.3 Å². The number of carbonyl (C=O) groups is 1. The molecule has 1 aliphatic rings. The first-order valence-electron chi connectivity index (χ1n) is 10.5. The van der Waals surface area contributed by atoms with E-state index in [4.69, 9.17) is 14.5 Å². The molecule has 0 aliphatic carbocycles. The number of carbonyl (C=O) groups excluding carboxylic acids is 1. The van der Waals surface area contributed by atoms with Crippen molar-refractivity contribution < 1.29 is 14.3 Å². The van der Waals surface area contributed by atoms with Crippen LogP contribution in [-0.4, -0.2) is 61.2 Å². The highest BCUT2D eigenvalue weighted by Crippen LogP contribution is 2.22. The van der Waals surface area contributed by atoms with Crippen molar-refractivity contribution >= 4 is 23.4 Å². The molecule has 1 aliphatic heterocycles. The highest BCUT2D eigenvalue weighted by molar-refractivity contribution is 5.94. The van der Waals surface area contributed by atoms with E-state index in [0.29, 0.717) is 37.7 Å². The monoisotopic (exact) mass is 433 g/mol. The van der Waals surface area contributed by atoms with Crippen molar-refractivity contribution in [1.82, 2.24) is 14.9 Å². The minimum atomic E-state index is 0.0272. The van der Waals surface area contributed by atoms with Gasteiger partial charge in [0, 0.05) is 49.2 Å². The van der Waals surface area contributed by atoms with E-state index in [-0.39, 0.29) is 5.91 Å². The molecule has 0 atom stereocenters. The zero-order valence-electron chi connectivity index (χ0n) is 18.5. The number of ether oxygens (including phenoxy) is 2. The third-order valence-corrected chi connectivity index (χ3v) is 5.39. The van der Waals surface area contributed by atoms with Gasteiger partial charge in [-0.15, -0.1) is 0 Å². The molecule has 32 heavy (non-hydrogen) atoms. The highest BCUT2D eigenvalue weighted by Gasteiger charge is 2.24. The maximum absolute atomic E-state index is 12.8. The second-order valence-corrected chi connectivity index (χ2v) is 7.56. The summed E-state index contributed by atoms with van der Waals surface area (Å²) in [5, 5.41) is 3.33. The number of nitrogens with zero attached hydrogens (tertiary/aromatic N) is 4. The Morgan fingerprint density at radius 1 is 0.875 bits per heavy atom. The van der Waals surface area contributed by atoms with Gasteiger partial charge in [0.25, 0.3) is 5.91 Å². The first-order chi connectivity index (χ1) is 15.6. The van der Waals surface area contributed by atoms with Gasteiger partial charge in [0.2, 0.25) is 5.95 Å². The molecule has 8 nitrogen and oxygen atoms in total. The molecule has 1 N–H and O–H groups in total. The van der Waals surface area contributed by atoms with Gasteiger partial charge < -0.3 is 24.6 Å². The number of piperazine rings is 1. The van der Waals surface area contributed by atoms with Crippen molar-refractivity contribution in [3.63, 3.8) is 0 Å². The summed E-state index contributed by atoms with van der Waals surface area (Å²) in [7, 11) is 3.26.